The van der Waals surface area contributed by atoms with Crippen molar-refractivity contribution in [2.45, 2.75) is 13.5 Å². The molecule has 0 radical (unpaired) electrons. The number of carbonyl (C=O) groups excluding carboxylic acids is 1. The number of rotatable bonds is 3. The number of hydrogen-bond donors (Lipinski definition) is 2. The SMILES string of the molecule is Cc1cc2c(cc1F)nc(N)n2CCOC(N)=O. The molecule has 0 fully saturated rings. The summed E-state index contributed by atoms with van der Waals surface area (Å²) in [5.74, 6) is -0.0939. The van der Waals surface area contributed by atoms with Crippen LogP contribution in [0.1, 0.15) is 5.56 Å². The number of aryl methyl sites for hydroxylation is 1. The van der Waals surface area contributed by atoms with Crippen LogP contribution >= 0.6 is 0 Å². The number of nitrogens with zero attached hydrogens (tertiary/aromatic N) is 2. The lowest BCUT2D eigenvalue weighted by Gasteiger charge is -2.06. The van der Waals surface area contributed by atoms with E-state index >= 15 is 0 Å². The maximum atomic E-state index is 13.4. The molecule has 2 aromatic rings. The van der Waals surface area contributed by atoms with Crippen LogP contribution in [0, 0.1) is 12.7 Å². The Morgan fingerprint density at radius 3 is 2.94 bits per heavy atom. The van der Waals surface area contributed by atoms with Gasteiger partial charge in [0, 0.05) is 6.07 Å². The predicted octanol–water partition coefficient (Wildman–Crippen LogP) is 1.16. The lowest BCUT2D eigenvalue weighted by Crippen LogP contribution is -2.17. The molecule has 1 heterocycles. The Kier molecular flexibility index (Phi) is 3.05. The average molecular weight is 252 g/mol. The van der Waals surface area contributed by atoms with Crippen LogP contribution in [0.4, 0.5) is 15.1 Å². The van der Waals surface area contributed by atoms with Crippen molar-refractivity contribution in [1.29, 1.82) is 0 Å². The molecule has 1 aromatic heterocycles. The first kappa shape index (κ1) is 12.2. The van der Waals surface area contributed by atoms with Crippen LogP contribution < -0.4 is 11.5 Å². The van der Waals surface area contributed by atoms with Gasteiger partial charge in [0.15, 0.2) is 0 Å². The summed E-state index contributed by atoms with van der Waals surface area (Å²) in [6, 6.07) is 2.98. The number of hydrogen-bond acceptors (Lipinski definition) is 4. The van der Waals surface area contributed by atoms with Crippen molar-refractivity contribution in [2.75, 3.05) is 12.3 Å². The minimum atomic E-state index is -0.847. The van der Waals surface area contributed by atoms with Gasteiger partial charge >= 0.3 is 6.09 Å². The number of ether oxygens (including phenoxy) is 1. The minimum absolute atomic E-state index is 0.0847. The Morgan fingerprint density at radius 2 is 2.28 bits per heavy atom. The van der Waals surface area contributed by atoms with Gasteiger partial charge in [-0.25, -0.2) is 14.2 Å². The van der Waals surface area contributed by atoms with Gasteiger partial charge in [-0.3, -0.25) is 0 Å². The van der Waals surface area contributed by atoms with Crippen LogP contribution in [0.5, 0.6) is 0 Å². The molecule has 2 rings (SSSR count). The van der Waals surface area contributed by atoms with Crippen LogP contribution in [-0.2, 0) is 11.3 Å². The van der Waals surface area contributed by atoms with Gasteiger partial charge in [-0.05, 0) is 18.6 Å². The first-order chi connectivity index (χ1) is 8.49. The van der Waals surface area contributed by atoms with Crippen molar-refractivity contribution in [3.8, 4) is 0 Å². The predicted molar refractivity (Wildman–Crippen MR) is 64.4 cm³/mol. The Balaban J connectivity index is 2.34. The fourth-order valence-corrected chi connectivity index (χ4v) is 1.74. The number of benzene rings is 1. The van der Waals surface area contributed by atoms with Gasteiger partial charge in [0.25, 0.3) is 0 Å². The monoisotopic (exact) mass is 252 g/mol. The number of primary amides is 1. The molecular weight excluding hydrogens is 239 g/mol. The highest BCUT2D eigenvalue weighted by Crippen LogP contribution is 2.21. The number of nitrogen functional groups attached to an aromatic ring is 1. The first-order valence-corrected chi connectivity index (χ1v) is 5.33. The fourth-order valence-electron chi connectivity index (χ4n) is 1.74. The van der Waals surface area contributed by atoms with E-state index in [-0.39, 0.29) is 18.4 Å². The molecule has 1 aromatic carbocycles. The number of imidazole rings is 1. The summed E-state index contributed by atoms with van der Waals surface area (Å²) >= 11 is 0. The second-order valence-electron chi connectivity index (χ2n) is 3.88. The molecule has 0 aliphatic rings. The van der Waals surface area contributed by atoms with E-state index in [1.54, 1.807) is 17.6 Å². The molecule has 96 valence electrons. The number of aromatic nitrogens is 2. The molecule has 7 heteroatoms. The fraction of sp³-hybridized carbons (Fsp3) is 0.273. The molecule has 0 unspecified atom stereocenters. The van der Waals surface area contributed by atoms with E-state index in [9.17, 15) is 9.18 Å². The summed E-state index contributed by atoms with van der Waals surface area (Å²) in [4.78, 5) is 14.5. The van der Waals surface area contributed by atoms with Crippen molar-refractivity contribution >= 4 is 23.1 Å². The van der Waals surface area contributed by atoms with Crippen LogP contribution in [0.15, 0.2) is 12.1 Å². The maximum absolute atomic E-state index is 13.4. The molecule has 1 amide bonds. The summed E-state index contributed by atoms with van der Waals surface area (Å²) in [7, 11) is 0. The van der Waals surface area contributed by atoms with Gasteiger partial charge in [0.1, 0.15) is 12.4 Å². The van der Waals surface area contributed by atoms with Crippen molar-refractivity contribution in [1.82, 2.24) is 9.55 Å². The molecule has 6 nitrogen and oxygen atoms in total. The molecule has 4 N–H and O–H groups in total. The van der Waals surface area contributed by atoms with E-state index in [0.29, 0.717) is 23.1 Å². The number of amides is 1. The Morgan fingerprint density at radius 1 is 1.56 bits per heavy atom. The summed E-state index contributed by atoms with van der Waals surface area (Å²) in [5.41, 5.74) is 12.2. The smallest absolute Gasteiger partial charge is 0.404 e. The summed E-state index contributed by atoms with van der Waals surface area (Å²) < 4.78 is 19.6. The zero-order valence-corrected chi connectivity index (χ0v) is 9.81. The highest BCUT2D eigenvalue weighted by Gasteiger charge is 2.11. The van der Waals surface area contributed by atoms with Crippen LogP contribution in [0.25, 0.3) is 11.0 Å². The Labute approximate surface area is 102 Å². The molecule has 0 spiro atoms. The zero-order chi connectivity index (χ0) is 13.3. The number of nitrogens with two attached hydrogens (primary N) is 2. The van der Waals surface area contributed by atoms with Crippen molar-refractivity contribution in [3.63, 3.8) is 0 Å². The summed E-state index contributed by atoms with van der Waals surface area (Å²) in [5, 5.41) is 0. The van der Waals surface area contributed by atoms with Crippen LogP contribution in [0.2, 0.25) is 0 Å². The van der Waals surface area contributed by atoms with Gasteiger partial charge in [0.05, 0.1) is 17.6 Å². The van der Waals surface area contributed by atoms with Gasteiger partial charge < -0.3 is 20.8 Å². The van der Waals surface area contributed by atoms with Gasteiger partial charge in [-0.15, -0.1) is 0 Å². The summed E-state index contributed by atoms with van der Waals surface area (Å²) in [6.45, 7) is 2.06. The third-order valence-electron chi connectivity index (χ3n) is 2.62. The van der Waals surface area contributed by atoms with Crippen molar-refractivity contribution < 1.29 is 13.9 Å². The third-order valence-corrected chi connectivity index (χ3v) is 2.62. The quantitative estimate of drug-likeness (QED) is 0.856. The second kappa shape index (κ2) is 4.52. The van der Waals surface area contributed by atoms with Gasteiger partial charge in [-0.1, -0.05) is 0 Å². The van der Waals surface area contributed by atoms with E-state index in [0.717, 1.165) is 0 Å². The maximum Gasteiger partial charge on any atom is 0.404 e. The van der Waals surface area contributed by atoms with Gasteiger partial charge in [0.2, 0.25) is 5.95 Å². The number of halogens is 1. The molecule has 0 saturated heterocycles. The molecule has 0 aliphatic heterocycles. The Bertz CT molecular complexity index is 609. The van der Waals surface area contributed by atoms with Gasteiger partial charge in [-0.2, -0.15) is 0 Å². The highest BCUT2D eigenvalue weighted by molar-refractivity contribution is 5.79. The second-order valence-corrected chi connectivity index (χ2v) is 3.88. The minimum Gasteiger partial charge on any atom is -0.448 e. The largest absolute Gasteiger partial charge is 0.448 e. The topological polar surface area (TPSA) is 96.2 Å². The van der Waals surface area contributed by atoms with Crippen molar-refractivity contribution in [3.05, 3.63) is 23.5 Å². The van der Waals surface area contributed by atoms with Crippen LogP contribution in [0.3, 0.4) is 0 Å². The normalized spacial score (nSPS) is 10.8. The number of fused-ring (bicyclic) bond motifs is 1. The lowest BCUT2D eigenvalue weighted by molar-refractivity contribution is 0.153. The Hall–Kier alpha value is -2.31. The standard InChI is InChI=1S/C11H13FN4O2/c1-6-4-9-8(5-7(6)12)15-10(13)16(9)2-3-18-11(14)17/h4-5H,2-3H2,1H3,(H2,13,15)(H2,14,17). The lowest BCUT2D eigenvalue weighted by atomic mass is 10.2. The average Bonchev–Trinajstić information content (AvgIpc) is 2.56. The first-order valence-electron chi connectivity index (χ1n) is 5.33. The van der Waals surface area contributed by atoms with Crippen LogP contribution in [-0.4, -0.2) is 22.3 Å². The zero-order valence-electron chi connectivity index (χ0n) is 9.81. The van der Waals surface area contributed by atoms with E-state index < -0.39 is 6.09 Å². The van der Waals surface area contributed by atoms with E-state index in [1.165, 1.54) is 6.07 Å². The molecule has 0 saturated carbocycles. The van der Waals surface area contributed by atoms with E-state index in [2.05, 4.69) is 9.72 Å². The third kappa shape index (κ3) is 2.20. The highest BCUT2D eigenvalue weighted by atomic mass is 19.1. The summed E-state index contributed by atoms with van der Waals surface area (Å²) in [6.07, 6.45) is -0.847. The van der Waals surface area contributed by atoms with E-state index in [1.807, 2.05) is 0 Å². The number of carbonyl (C=O) groups is 1. The molecule has 0 bridgehead atoms. The van der Waals surface area contributed by atoms with Crippen molar-refractivity contribution in [2.24, 2.45) is 5.73 Å². The molecular formula is C11H13FN4O2. The number of anilines is 1. The molecule has 0 aliphatic carbocycles. The van der Waals surface area contributed by atoms with E-state index in [4.69, 9.17) is 11.5 Å². The molecule has 18 heavy (non-hydrogen) atoms. The molecule has 0 atom stereocenters.